The number of aliphatic hydroxyl groups excluding tert-OH is 1. The van der Waals surface area contributed by atoms with Crippen molar-refractivity contribution in [3.8, 4) is 0 Å². The van der Waals surface area contributed by atoms with E-state index in [0.29, 0.717) is 17.3 Å². The van der Waals surface area contributed by atoms with Crippen LogP contribution in [0.2, 0.25) is 0 Å². The summed E-state index contributed by atoms with van der Waals surface area (Å²) in [6.07, 6.45) is 1.84. The van der Waals surface area contributed by atoms with E-state index in [4.69, 9.17) is 10.8 Å². The van der Waals surface area contributed by atoms with Crippen LogP contribution in [0.25, 0.3) is 11.2 Å². The number of fused-ring (bicyclic) bond motifs is 1. The summed E-state index contributed by atoms with van der Waals surface area (Å²) in [4.78, 5) is 22.1. The lowest BCUT2D eigenvalue weighted by molar-refractivity contribution is 0.273. The van der Waals surface area contributed by atoms with Crippen LogP contribution in [0.3, 0.4) is 0 Å². The van der Waals surface area contributed by atoms with Crippen LogP contribution in [0, 0.1) is 0 Å². The van der Waals surface area contributed by atoms with Gasteiger partial charge in [-0.25, -0.2) is 4.98 Å². The van der Waals surface area contributed by atoms with Gasteiger partial charge in [0.15, 0.2) is 16.3 Å². The van der Waals surface area contributed by atoms with Gasteiger partial charge in [-0.05, 0) is 6.26 Å². The summed E-state index contributed by atoms with van der Waals surface area (Å²) >= 11 is 1.38. The Balaban J connectivity index is 2.78. The molecular weight excluding hydrogens is 230 g/mol. The second kappa shape index (κ2) is 4.14. The molecule has 0 spiro atoms. The Bertz CT molecular complexity index is 576. The molecule has 4 N–H and O–H groups in total. The van der Waals surface area contributed by atoms with Crippen LogP contribution in [-0.2, 0) is 6.54 Å². The number of thioether (sulfide) groups is 1. The number of rotatable bonds is 3. The van der Waals surface area contributed by atoms with Gasteiger partial charge in [0.1, 0.15) is 0 Å². The van der Waals surface area contributed by atoms with E-state index in [1.165, 1.54) is 11.8 Å². The van der Waals surface area contributed by atoms with Gasteiger partial charge in [-0.2, -0.15) is 4.98 Å². The number of nitrogen functional groups attached to an aromatic ring is 1. The monoisotopic (exact) mass is 241 g/mol. The first-order valence-electron chi connectivity index (χ1n) is 4.58. The van der Waals surface area contributed by atoms with Crippen LogP contribution in [0.5, 0.6) is 0 Å². The molecule has 0 bridgehead atoms. The molecule has 2 aromatic heterocycles. The third-order valence-corrected chi connectivity index (χ3v) is 2.77. The van der Waals surface area contributed by atoms with Gasteiger partial charge >= 0.3 is 0 Å². The van der Waals surface area contributed by atoms with Gasteiger partial charge in [0.25, 0.3) is 5.56 Å². The number of nitrogens with zero attached hydrogens (tertiary/aromatic N) is 3. The zero-order valence-corrected chi connectivity index (χ0v) is 9.41. The van der Waals surface area contributed by atoms with Crippen molar-refractivity contribution in [2.75, 3.05) is 18.6 Å². The maximum Gasteiger partial charge on any atom is 0.280 e. The second-order valence-electron chi connectivity index (χ2n) is 3.10. The summed E-state index contributed by atoms with van der Waals surface area (Å²) in [5, 5.41) is 9.59. The minimum absolute atomic E-state index is 0.0456. The van der Waals surface area contributed by atoms with Gasteiger partial charge in [-0.1, -0.05) is 11.8 Å². The normalized spacial score (nSPS) is 11.1. The first kappa shape index (κ1) is 11.0. The Morgan fingerprint density at radius 2 is 2.31 bits per heavy atom. The van der Waals surface area contributed by atoms with E-state index in [-0.39, 0.29) is 23.6 Å². The summed E-state index contributed by atoms with van der Waals surface area (Å²) in [6, 6.07) is 0. The van der Waals surface area contributed by atoms with Crippen molar-refractivity contribution < 1.29 is 5.11 Å². The summed E-state index contributed by atoms with van der Waals surface area (Å²) in [5.74, 6) is 0.0456. The lowest BCUT2D eigenvalue weighted by Gasteiger charge is -2.03. The maximum absolute atomic E-state index is 11.6. The van der Waals surface area contributed by atoms with Crippen LogP contribution in [0.4, 0.5) is 5.95 Å². The van der Waals surface area contributed by atoms with Crippen LogP contribution >= 0.6 is 11.8 Å². The number of H-pyrrole nitrogens is 1. The van der Waals surface area contributed by atoms with Gasteiger partial charge in [0.05, 0.1) is 6.61 Å². The van der Waals surface area contributed by atoms with Gasteiger partial charge < -0.3 is 15.4 Å². The maximum atomic E-state index is 11.6. The molecule has 8 heteroatoms. The number of nitrogens with one attached hydrogen (secondary N) is 1. The third-order valence-electron chi connectivity index (χ3n) is 2.10. The van der Waals surface area contributed by atoms with Gasteiger partial charge in [0, 0.05) is 6.54 Å². The van der Waals surface area contributed by atoms with Crippen molar-refractivity contribution in [1.82, 2.24) is 19.5 Å². The average molecular weight is 241 g/mol. The highest BCUT2D eigenvalue weighted by molar-refractivity contribution is 7.98. The molecular formula is C8H11N5O2S. The van der Waals surface area contributed by atoms with Crippen molar-refractivity contribution in [3.05, 3.63) is 10.4 Å². The molecule has 0 amide bonds. The Morgan fingerprint density at radius 1 is 1.56 bits per heavy atom. The number of aromatic amines is 1. The molecule has 86 valence electrons. The Morgan fingerprint density at radius 3 is 2.94 bits per heavy atom. The molecule has 0 atom stereocenters. The molecule has 0 aliphatic heterocycles. The summed E-state index contributed by atoms with van der Waals surface area (Å²) in [7, 11) is 0. The number of anilines is 1. The largest absolute Gasteiger partial charge is 0.395 e. The highest BCUT2D eigenvalue weighted by Gasteiger charge is 2.14. The summed E-state index contributed by atoms with van der Waals surface area (Å²) in [5.41, 5.74) is 5.74. The van der Waals surface area contributed by atoms with Crippen molar-refractivity contribution >= 4 is 28.9 Å². The number of aromatic nitrogens is 4. The first-order valence-corrected chi connectivity index (χ1v) is 5.80. The van der Waals surface area contributed by atoms with Crippen molar-refractivity contribution in [2.45, 2.75) is 11.7 Å². The lowest BCUT2D eigenvalue weighted by atomic mass is 10.5. The molecule has 2 aromatic rings. The van der Waals surface area contributed by atoms with Gasteiger partial charge in [-0.3, -0.25) is 9.78 Å². The molecule has 0 fully saturated rings. The fourth-order valence-corrected chi connectivity index (χ4v) is 2.05. The van der Waals surface area contributed by atoms with Crippen LogP contribution < -0.4 is 11.3 Å². The third kappa shape index (κ3) is 1.65. The Labute approximate surface area is 94.7 Å². The molecule has 0 radical (unpaired) electrons. The number of nitrogens with two attached hydrogens (primary N) is 1. The predicted molar refractivity (Wildman–Crippen MR) is 61.4 cm³/mol. The molecule has 0 aliphatic carbocycles. The molecule has 16 heavy (non-hydrogen) atoms. The average Bonchev–Trinajstić information content (AvgIpc) is 2.58. The Kier molecular flexibility index (Phi) is 2.84. The molecule has 0 aromatic carbocycles. The van der Waals surface area contributed by atoms with Crippen molar-refractivity contribution in [2.24, 2.45) is 0 Å². The topological polar surface area (TPSA) is 110 Å². The second-order valence-corrected chi connectivity index (χ2v) is 3.87. The minimum atomic E-state index is -0.366. The molecule has 0 aliphatic rings. The number of hydrogen-bond donors (Lipinski definition) is 3. The van der Waals surface area contributed by atoms with Crippen molar-refractivity contribution in [1.29, 1.82) is 0 Å². The molecule has 7 nitrogen and oxygen atoms in total. The molecule has 0 saturated carbocycles. The van der Waals surface area contributed by atoms with E-state index in [2.05, 4.69) is 15.0 Å². The number of hydrogen-bond acceptors (Lipinski definition) is 6. The molecule has 0 saturated heterocycles. The Hall–Kier alpha value is -1.54. The smallest absolute Gasteiger partial charge is 0.280 e. The van der Waals surface area contributed by atoms with E-state index >= 15 is 0 Å². The molecule has 2 heterocycles. The molecule has 2 rings (SSSR count). The van der Waals surface area contributed by atoms with Gasteiger partial charge in [-0.15, -0.1) is 0 Å². The van der Waals surface area contributed by atoms with E-state index < -0.39 is 0 Å². The summed E-state index contributed by atoms with van der Waals surface area (Å²) < 4.78 is 1.67. The first-order chi connectivity index (χ1) is 7.67. The van der Waals surface area contributed by atoms with Gasteiger partial charge in [0.2, 0.25) is 5.95 Å². The highest BCUT2D eigenvalue weighted by atomic mass is 32.2. The fourth-order valence-electron chi connectivity index (χ4n) is 1.46. The van der Waals surface area contributed by atoms with Crippen LogP contribution in [0.15, 0.2) is 9.95 Å². The number of aliphatic hydroxyl groups is 1. The quantitative estimate of drug-likeness (QED) is 0.620. The highest BCUT2D eigenvalue weighted by Crippen LogP contribution is 2.18. The van der Waals surface area contributed by atoms with Crippen LogP contribution in [-0.4, -0.2) is 37.5 Å². The zero-order valence-electron chi connectivity index (χ0n) is 8.60. The predicted octanol–water partition coefficient (Wildman–Crippen LogP) is -0.584. The van der Waals surface area contributed by atoms with E-state index in [1.54, 1.807) is 4.57 Å². The minimum Gasteiger partial charge on any atom is -0.395 e. The van der Waals surface area contributed by atoms with Crippen molar-refractivity contribution in [3.63, 3.8) is 0 Å². The van der Waals surface area contributed by atoms with E-state index in [1.807, 2.05) is 6.26 Å². The fraction of sp³-hybridized carbons (Fsp3) is 0.375. The van der Waals surface area contributed by atoms with E-state index in [0.717, 1.165) is 0 Å². The SMILES string of the molecule is CSc1nc2c(=O)[nH]c(N)nc2n1CCO. The lowest BCUT2D eigenvalue weighted by Crippen LogP contribution is -2.12. The number of imidazole rings is 1. The zero-order chi connectivity index (χ0) is 11.7. The van der Waals surface area contributed by atoms with Crippen LogP contribution in [0.1, 0.15) is 0 Å². The van der Waals surface area contributed by atoms with E-state index in [9.17, 15) is 4.79 Å². The molecule has 0 unspecified atom stereocenters. The standard InChI is InChI=1S/C8H11N5O2S/c1-16-8-10-4-5(13(8)2-3-14)11-7(9)12-6(4)15/h14H,2-3H2,1H3,(H3,9,11,12,15). The summed E-state index contributed by atoms with van der Waals surface area (Å²) in [6.45, 7) is 0.288.